The van der Waals surface area contributed by atoms with E-state index < -0.39 is 0 Å². The zero-order chi connectivity index (χ0) is 20.4. The Labute approximate surface area is 174 Å². The Morgan fingerprint density at radius 3 is 2.69 bits per heavy atom. The summed E-state index contributed by atoms with van der Waals surface area (Å²) in [5.41, 5.74) is 5.91. The van der Waals surface area contributed by atoms with Gasteiger partial charge in [0.2, 0.25) is 0 Å². The number of hydrogen-bond acceptors (Lipinski definition) is 4. The monoisotopic (exact) mass is 401 g/mol. The normalized spacial score (nSPS) is 11.0. The average Bonchev–Trinajstić information content (AvgIpc) is 3.16. The number of aryl methyl sites for hydroxylation is 3. The number of pyridine rings is 1. The minimum absolute atomic E-state index is 0.0372. The van der Waals surface area contributed by atoms with Crippen molar-refractivity contribution in [1.29, 1.82) is 0 Å². The number of benzene rings is 2. The molecule has 29 heavy (non-hydrogen) atoms. The van der Waals surface area contributed by atoms with Crippen molar-refractivity contribution in [2.45, 2.75) is 33.7 Å². The van der Waals surface area contributed by atoms with Gasteiger partial charge in [-0.1, -0.05) is 48.1 Å². The fourth-order valence-corrected chi connectivity index (χ4v) is 4.33. The Morgan fingerprint density at radius 1 is 1.07 bits per heavy atom. The standard InChI is InChI=1S/C24H23N3OS/c1-4-18-9-10-21-22(13-18)29-24(26-21)27(15-19-6-5-11-25-14-19)23(28)20-12-16(2)7-8-17(20)3/h5-14H,4,15H2,1-3H3. The zero-order valence-corrected chi connectivity index (χ0v) is 17.7. The van der Waals surface area contributed by atoms with Crippen LogP contribution < -0.4 is 4.90 Å². The van der Waals surface area contributed by atoms with Crippen molar-refractivity contribution in [3.8, 4) is 0 Å². The quantitative estimate of drug-likeness (QED) is 0.430. The van der Waals surface area contributed by atoms with Gasteiger partial charge in [-0.05, 0) is 61.2 Å². The van der Waals surface area contributed by atoms with E-state index in [9.17, 15) is 4.79 Å². The lowest BCUT2D eigenvalue weighted by atomic mass is 10.0. The summed E-state index contributed by atoms with van der Waals surface area (Å²) < 4.78 is 1.10. The van der Waals surface area contributed by atoms with E-state index >= 15 is 0 Å². The van der Waals surface area contributed by atoms with Crippen molar-refractivity contribution in [2.24, 2.45) is 0 Å². The third-order valence-corrected chi connectivity index (χ3v) is 6.05. The zero-order valence-electron chi connectivity index (χ0n) is 16.8. The number of amides is 1. The molecule has 0 saturated carbocycles. The maximum Gasteiger partial charge on any atom is 0.260 e. The first-order valence-electron chi connectivity index (χ1n) is 9.72. The van der Waals surface area contributed by atoms with Gasteiger partial charge in [0.05, 0.1) is 16.8 Å². The lowest BCUT2D eigenvalue weighted by Crippen LogP contribution is -2.31. The molecule has 0 aliphatic rings. The van der Waals surface area contributed by atoms with E-state index in [2.05, 4.69) is 24.0 Å². The van der Waals surface area contributed by atoms with Crippen LogP contribution in [-0.2, 0) is 13.0 Å². The topological polar surface area (TPSA) is 46.1 Å². The highest BCUT2D eigenvalue weighted by Gasteiger charge is 2.23. The minimum atomic E-state index is -0.0372. The van der Waals surface area contributed by atoms with E-state index in [4.69, 9.17) is 4.98 Å². The van der Waals surface area contributed by atoms with Crippen LogP contribution in [0.1, 0.15) is 39.5 Å². The molecule has 4 aromatic rings. The molecule has 0 N–H and O–H groups in total. The Morgan fingerprint density at radius 2 is 1.93 bits per heavy atom. The molecule has 0 atom stereocenters. The van der Waals surface area contributed by atoms with E-state index in [1.54, 1.807) is 28.6 Å². The molecule has 5 heteroatoms. The number of carbonyl (C=O) groups is 1. The van der Waals surface area contributed by atoms with Crippen molar-refractivity contribution in [3.05, 3.63) is 88.7 Å². The second-order valence-electron chi connectivity index (χ2n) is 7.22. The van der Waals surface area contributed by atoms with Crippen LogP contribution in [0.2, 0.25) is 0 Å². The van der Waals surface area contributed by atoms with Crippen LogP contribution in [0.5, 0.6) is 0 Å². The van der Waals surface area contributed by atoms with Gasteiger partial charge in [0.15, 0.2) is 5.13 Å². The molecule has 0 aliphatic heterocycles. The Kier molecular flexibility index (Phi) is 5.41. The summed E-state index contributed by atoms with van der Waals surface area (Å²) in [6.07, 6.45) is 4.51. The largest absolute Gasteiger partial charge is 0.279 e. The first kappa shape index (κ1) is 19.3. The maximum absolute atomic E-state index is 13.6. The lowest BCUT2D eigenvalue weighted by Gasteiger charge is -2.21. The summed E-state index contributed by atoms with van der Waals surface area (Å²) in [7, 11) is 0. The van der Waals surface area contributed by atoms with Gasteiger partial charge in [-0.15, -0.1) is 0 Å². The summed E-state index contributed by atoms with van der Waals surface area (Å²) in [5, 5.41) is 0.711. The van der Waals surface area contributed by atoms with Gasteiger partial charge in [-0.3, -0.25) is 14.7 Å². The van der Waals surface area contributed by atoms with Crippen molar-refractivity contribution < 1.29 is 4.79 Å². The minimum Gasteiger partial charge on any atom is -0.279 e. The van der Waals surface area contributed by atoms with E-state index in [0.29, 0.717) is 17.2 Å². The predicted octanol–water partition coefficient (Wildman–Crippen LogP) is 5.72. The van der Waals surface area contributed by atoms with Crippen LogP contribution in [0.3, 0.4) is 0 Å². The van der Waals surface area contributed by atoms with Crippen molar-refractivity contribution in [1.82, 2.24) is 9.97 Å². The molecule has 0 unspecified atom stereocenters. The molecule has 0 aliphatic carbocycles. The number of aromatic nitrogens is 2. The van der Waals surface area contributed by atoms with Gasteiger partial charge < -0.3 is 0 Å². The molecule has 2 aromatic carbocycles. The smallest absolute Gasteiger partial charge is 0.260 e. The summed E-state index contributed by atoms with van der Waals surface area (Å²) in [5.74, 6) is -0.0372. The summed E-state index contributed by atoms with van der Waals surface area (Å²) >= 11 is 1.56. The fraction of sp³-hybridized carbons (Fsp3) is 0.208. The molecule has 0 radical (unpaired) electrons. The van der Waals surface area contributed by atoms with Crippen LogP contribution >= 0.6 is 11.3 Å². The van der Waals surface area contributed by atoms with Gasteiger partial charge in [-0.25, -0.2) is 4.98 Å². The molecule has 4 nitrogen and oxygen atoms in total. The lowest BCUT2D eigenvalue weighted by molar-refractivity contribution is 0.0984. The van der Waals surface area contributed by atoms with E-state index in [1.165, 1.54) is 5.56 Å². The van der Waals surface area contributed by atoms with Gasteiger partial charge >= 0.3 is 0 Å². The van der Waals surface area contributed by atoms with Crippen LogP contribution in [0, 0.1) is 13.8 Å². The molecule has 0 saturated heterocycles. The van der Waals surface area contributed by atoms with E-state index in [1.807, 2.05) is 50.2 Å². The fourth-order valence-electron chi connectivity index (χ4n) is 3.30. The van der Waals surface area contributed by atoms with Crippen LogP contribution in [0.25, 0.3) is 10.2 Å². The van der Waals surface area contributed by atoms with Gasteiger partial charge in [0.1, 0.15) is 0 Å². The highest BCUT2D eigenvalue weighted by atomic mass is 32.1. The Bertz CT molecular complexity index is 1170. The van der Waals surface area contributed by atoms with Gasteiger partial charge in [0, 0.05) is 18.0 Å². The molecule has 0 fully saturated rings. The first-order chi connectivity index (χ1) is 14.0. The van der Waals surface area contributed by atoms with Gasteiger partial charge in [0.25, 0.3) is 5.91 Å². The highest BCUT2D eigenvalue weighted by molar-refractivity contribution is 7.22. The number of fused-ring (bicyclic) bond motifs is 1. The number of thiazole rings is 1. The van der Waals surface area contributed by atoms with Gasteiger partial charge in [-0.2, -0.15) is 0 Å². The summed E-state index contributed by atoms with van der Waals surface area (Å²) in [4.78, 5) is 24.4. The summed E-state index contributed by atoms with van der Waals surface area (Å²) in [6.45, 7) is 6.55. The number of nitrogens with zero attached hydrogens (tertiary/aromatic N) is 3. The number of carbonyl (C=O) groups excluding carboxylic acids is 1. The molecular formula is C24H23N3OS. The van der Waals surface area contributed by atoms with Crippen molar-refractivity contribution >= 4 is 32.6 Å². The molecule has 1 amide bonds. The van der Waals surface area contributed by atoms with Crippen LogP contribution in [0.4, 0.5) is 5.13 Å². The molecule has 4 rings (SSSR count). The Balaban J connectivity index is 1.79. The second-order valence-corrected chi connectivity index (χ2v) is 8.23. The molecule has 146 valence electrons. The Hall–Kier alpha value is -3.05. The second kappa shape index (κ2) is 8.13. The number of rotatable bonds is 5. The average molecular weight is 402 g/mol. The summed E-state index contributed by atoms with van der Waals surface area (Å²) in [6, 6.07) is 16.2. The highest BCUT2D eigenvalue weighted by Crippen LogP contribution is 2.32. The molecule has 0 bridgehead atoms. The SMILES string of the molecule is CCc1ccc2nc(N(Cc3cccnc3)C(=O)c3cc(C)ccc3C)sc2c1. The number of hydrogen-bond donors (Lipinski definition) is 0. The van der Waals surface area contributed by atoms with Crippen LogP contribution in [0.15, 0.2) is 60.9 Å². The molecule has 2 heterocycles. The molecule has 0 spiro atoms. The maximum atomic E-state index is 13.6. The van der Waals surface area contributed by atoms with Crippen LogP contribution in [-0.4, -0.2) is 15.9 Å². The van der Waals surface area contributed by atoms with E-state index in [0.717, 1.165) is 33.3 Å². The van der Waals surface area contributed by atoms with Crippen molar-refractivity contribution in [3.63, 3.8) is 0 Å². The molecule has 2 aromatic heterocycles. The first-order valence-corrected chi connectivity index (χ1v) is 10.5. The van der Waals surface area contributed by atoms with E-state index in [-0.39, 0.29) is 5.91 Å². The molecular weight excluding hydrogens is 378 g/mol. The number of anilines is 1. The van der Waals surface area contributed by atoms with Crippen molar-refractivity contribution in [2.75, 3.05) is 4.90 Å². The third kappa shape index (κ3) is 4.05. The predicted molar refractivity (Wildman–Crippen MR) is 120 cm³/mol. The third-order valence-electron chi connectivity index (χ3n) is 5.01.